The molecule has 0 heterocycles. The summed E-state index contributed by atoms with van der Waals surface area (Å²) in [6.07, 6.45) is 0. The summed E-state index contributed by atoms with van der Waals surface area (Å²) in [5.41, 5.74) is 1.28. The number of aryl methyl sites for hydroxylation is 1. The second kappa shape index (κ2) is 4.26. The first-order valence-corrected chi connectivity index (χ1v) is 7.03. The Hall–Kier alpha value is -2.48. The third-order valence-electron chi connectivity index (χ3n) is 4.22. The van der Waals surface area contributed by atoms with Crippen LogP contribution in [0.2, 0.25) is 0 Å². The van der Waals surface area contributed by atoms with E-state index in [4.69, 9.17) is 9.47 Å². The number of rotatable bonds is 2. The zero-order chi connectivity index (χ0) is 14.6. The number of hydrogen-bond donors (Lipinski definition) is 0. The molecule has 0 spiro atoms. The Morgan fingerprint density at radius 3 is 1.67 bits per heavy atom. The van der Waals surface area contributed by atoms with Gasteiger partial charge < -0.3 is 9.47 Å². The van der Waals surface area contributed by atoms with Gasteiger partial charge in [-0.3, -0.25) is 0 Å². The van der Waals surface area contributed by atoms with Crippen molar-refractivity contribution in [1.82, 2.24) is 0 Å². The minimum atomic E-state index is 0.856. The number of benzene rings is 4. The zero-order valence-electron chi connectivity index (χ0n) is 12.4. The van der Waals surface area contributed by atoms with Crippen LogP contribution in [0.1, 0.15) is 5.56 Å². The van der Waals surface area contributed by atoms with Crippen LogP contribution in [-0.4, -0.2) is 14.2 Å². The van der Waals surface area contributed by atoms with Gasteiger partial charge in [-0.15, -0.1) is 0 Å². The van der Waals surface area contributed by atoms with Crippen molar-refractivity contribution in [1.29, 1.82) is 0 Å². The molecule has 104 valence electrons. The third kappa shape index (κ3) is 1.59. The van der Waals surface area contributed by atoms with E-state index >= 15 is 0 Å². The fourth-order valence-electron chi connectivity index (χ4n) is 3.35. The molecule has 0 bridgehead atoms. The first kappa shape index (κ1) is 12.3. The van der Waals surface area contributed by atoms with E-state index in [1.165, 1.54) is 27.1 Å². The van der Waals surface area contributed by atoms with Crippen LogP contribution in [0, 0.1) is 6.92 Å². The zero-order valence-corrected chi connectivity index (χ0v) is 12.4. The van der Waals surface area contributed by atoms with Crippen molar-refractivity contribution in [3.8, 4) is 11.5 Å². The second-order valence-corrected chi connectivity index (χ2v) is 5.47. The Kier molecular flexibility index (Phi) is 2.49. The molecule has 0 saturated carbocycles. The van der Waals surface area contributed by atoms with Gasteiger partial charge >= 0.3 is 0 Å². The van der Waals surface area contributed by atoms with Crippen molar-refractivity contribution in [3.63, 3.8) is 0 Å². The van der Waals surface area contributed by atoms with Gasteiger partial charge in [0.2, 0.25) is 0 Å². The molecule has 4 aromatic rings. The molecule has 0 N–H and O–H groups in total. The lowest BCUT2D eigenvalue weighted by Crippen LogP contribution is -1.93. The average Bonchev–Trinajstić information content (AvgIpc) is 2.51. The Balaban J connectivity index is 2.34. The summed E-state index contributed by atoms with van der Waals surface area (Å²) in [4.78, 5) is 0. The molecule has 4 rings (SSSR count). The lowest BCUT2D eigenvalue weighted by molar-refractivity contribution is 0.401. The fraction of sp³-hybridized carbons (Fsp3) is 0.158. The monoisotopic (exact) mass is 276 g/mol. The van der Waals surface area contributed by atoms with E-state index in [1.807, 2.05) is 6.07 Å². The lowest BCUT2D eigenvalue weighted by atomic mass is 9.92. The summed E-state index contributed by atoms with van der Waals surface area (Å²) in [7, 11) is 3.41. The third-order valence-corrected chi connectivity index (χ3v) is 4.22. The van der Waals surface area contributed by atoms with E-state index in [9.17, 15) is 0 Å². The molecule has 2 heteroatoms. The largest absolute Gasteiger partial charge is 0.496 e. The Morgan fingerprint density at radius 2 is 1.19 bits per heavy atom. The first-order valence-electron chi connectivity index (χ1n) is 7.03. The van der Waals surface area contributed by atoms with E-state index in [0.29, 0.717) is 0 Å². The molecule has 0 atom stereocenters. The smallest absolute Gasteiger partial charge is 0.130 e. The van der Waals surface area contributed by atoms with Gasteiger partial charge in [0.15, 0.2) is 0 Å². The SMILES string of the molecule is COc1cc(OC)c2ccc3cc(C)cc4ccc1c2c43. The van der Waals surface area contributed by atoms with Crippen molar-refractivity contribution in [2.75, 3.05) is 14.2 Å². The molecule has 0 aliphatic rings. The van der Waals surface area contributed by atoms with Crippen LogP contribution in [0.3, 0.4) is 0 Å². The van der Waals surface area contributed by atoms with Gasteiger partial charge in [0, 0.05) is 22.2 Å². The van der Waals surface area contributed by atoms with E-state index in [2.05, 4.69) is 43.3 Å². The van der Waals surface area contributed by atoms with Gasteiger partial charge in [-0.25, -0.2) is 0 Å². The summed E-state index contributed by atoms with van der Waals surface area (Å²) < 4.78 is 11.1. The highest BCUT2D eigenvalue weighted by molar-refractivity contribution is 6.25. The minimum Gasteiger partial charge on any atom is -0.496 e. The predicted molar refractivity (Wildman–Crippen MR) is 88.0 cm³/mol. The Labute approximate surface area is 123 Å². The summed E-state index contributed by atoms with van der Waals surface area (Å²) in [5.74, 6) is 1.71. The molecule has 0 aromatic heterocycles. The van der Waals surface area contributed by atoms with Gasteiger partial charge in [-0.1, -0.05) is 24.3 Å². The maximum Gasteiger partial charge on any atom is 0.130 e. The van der Waals surface area contributed by atoms with Crippen LogP contribution in [0.5, 0.6) is 11.5 Å². The van der Waals surface area contributed by atoms with Crippen molar-refractivity contribution in [3.05, 3.63) is 48.0 Å². The average molecular weight is 276 g/mol. The van der Waals surface area contributed by atoms with Crippen molar-refractivity contribution in [2.24, 2.45) is 0 Å². The molecular formula is C19H16O2. The molecule has 0 saturated heterocycles. The molecule has 0 amide bonds. The summed E-state index contributed by atoms with van der Waals surface area (Å²) in [5, 5.41) is 7.30. The normalized spacial score (nSPS) is 11.6. The molecule has 21 heavy (non-hydrogen) atoms. The molecule has 0 radical (unpaired) electrons. The van der Waals surface area contributed by atoms with Gasteiger partial charge in [-0.05, 0) is 40.8 Å². The quantitative estimate of drug-likeness (QED) is 0.484. The topological polar surface area (TPSA) is 18.5 Å². The van der Waals surface area contributed by atoms with Gasteiger partial charge in [-0.2, -0.15) is 0 Å². The van der Waals surface area contributed by atoms with E-state index in [-0.39, 0.29) is 0 Å². The number of ether oxygens (including phenoxy) is 2. The highest BCUT2D eigenvalue weighted by Crippen LogP contribution is 2.43. The highest BCUT2D eigenvalue weighted by atomic mass is 16.5. The molecule has 4 aromatic carbocycles. The van der Waals surface area contributed by atoms with E-state index in [1.54, 1.807) is 14.2 Å². The maximum absolute atomic E-state index is 5.56. The lowest BCUT2D eigenvalue weighted by Gasteiger charge is -2.16. The van der Waals surface area contributed by atoms with Gasteiger partial charge in [0.1, 0.15) is 11.5 Å². The highest BCUT2D eigenvalue weighted by Gasteiger charge is 2.15. The standard InChI is InChI=1S/C19H16O2/c1-11-8-12-4-6-14-16(20-2)10-17(21-3)15-7-5-13(9-11)18(12)19(14)15/h4-10H,1-3H3. The van der Waals surface area contributed by atoms with Crippen molar-refractivity contribution in [2.45, 2.75) is 6.92 Å². The van der Waals surface area contributed by atoms with Crippen molar-refractivity contribution < 1.29 is 9.47 Å². The van der Waals surface area contributed by atoms with Crippen molar-refractivity contribution >= 4 is 32.3 Å². The van der Waals surface area contributed by atoms with Gasteiger partial charge in [0.25, 0.3) is 0 Å². The maximum atomic E-state index is 5.56. The molecule has 0 fully saturated rings. The Morgan fingerprint density at radius 1 is 0.667 bits per heavy atom. The summed E-state index contributed by atoms with van der Waals surface area (Å²) in [6.45, 7) is 2.13. The van der Waals surface area contributed by atoms with Crippen LogP contribution in [0.25, 0.3) is 32.3 Å². The molecule has 0 aliphatic carbocycles. The number of methoxy groups -OCH3 is 2. The number of hydrogen-bond acceptors (Lipinski definition) is 2. The van der Waals surface area contributed by atoms with Crippen LogP contribution < -0.4 is 9.47 Å². The second-order valence-electron chi connectivity index (χ2n) is 5.47. The molecule has 2 nitrogen and oxygen atoms in total. The predicted octanol–water partition coefficient (Wildman–Crippen LogP) is 4.91. The molecule has 0 unspecified atom stereocenters. The van der Waals surface area contributed by atoms with Crippen LogP contribution in [0.15, 0.2) is 42.5 Å². The molecular weight excluding hydrogens is 260 g/mol. The van der Waals surface area contributed by atoms with Crippen LogP contribution in [-0.2, 0) is 0 Å². The van der Waals surface area contributed by atoms with Gasteiger partial charge in [0.05, 0.1) is 14.2 Å². The fourth-order valence-corrected chi connectivity index (χ4v) is 3.35. The minimum absolute atomic E-state index is 0.856. The molecule has 0 aliphatic heterocycles. The van der Waals surface area contributed by atoms with E-state index < -0.39 is 0 Å². The Bertz CT molecular complexity index is 898. The summed E-state index contributed by atoms with van der Waals surface area (Å²) >= 11 is 0. The first-order chi connectivity index (χ1) is 10.2. The van der Waals surface area contributed by atoms with E-state index in [0.717, 1.165) is 22.3 Å². The van der Waals surface area contributed by atoms with Crippen LogP contribution >= 0.6 is 0 Å². The summed E-state index contributed by atoms with van der Waals surface area (Å²) in [6, 6.07) is 15.1. The van der Waals surface area contributed by atoms with Crippen LogP contribution in [0.4, 0.5) is 0 Å².